The smallest absolute Gasteiger partial charge is 0.225 e. The van der Waals surface area contributed by atoms with E-state index in [1.54, 1.807) is 6.08 Å². The third kappa shape index (κ3) is 9.18. The molecule has 0 aromatic carbocycles. The van der Waals surface area contributed by atoms with Crippen molar-refractivity contribution in [3.05, 3.63) is 36.5 Å². The molecule has 1 nitrogen and oxygen atoms in total. The van der Waals surface area contributed by atoms with Crippen LogP contribution in [0.3, 0.4) is 0 Å². The molecule has 0 radical (unpaired) electrons. The molecule has 66 valence electrons. The molecule has 0 spiro atoms. The van der Waals surface area contributed by atoms with E-state index in [-0.39, 0.29) is 5.24 Å². The zero-order chi connectivity index (χ0) is 9.23. The molecule has 0 saturated heterocycles. The van der Waals surface area contributed by atoms with Crippen LogP contribution in [0.2, 0.25) is 0 Å². The lowest BCUT2D eigenvalue weighted by molar-refractivity contribution is -0.110. The Morgan fingerprint density at radius 1 is 1.25 bits per heavy atom. The van der Waals surface area contributed by atoms with Gasteiger partial charge in [0.15, 0.2) is 0 Å². The molecule has 12 heavy (non-hydrogen) atoms. The van der Waals surface area contributed by atoms with Crippen LogP contribution in [-0.4, -0.2) is 5.24 Å². The molecule has 0 amide bonds. The lowest BCUT2D eigenvalue weighted by Crippen LogP contribution is -1.78. The second-order valence-electron chi connectivity index (χ2n) is 2.22. The average molecular weight is 185 g/mol. The van der Waals surface area contributed by atoms with Gasteiger partial charge in [-0.25, -0.2) is 0 Å². The Hall–Kier alpha value is -0.820. The summed E-state index contributed by atoms with van der Waals surface area (Å²) >= 11 is 5.12. The molecule has 0 heterocycles. The molecule has 0 N–H and O–H groups in total. The predicted molar refractivity (Wildman–Crippen MR) is 53.2 cm³/mol. The standard InChI is InChI=1S/C10H13ClO/c1-2-3-4-5-6-7-8-9-10(11)12/h2-5,7-8H,6,9H2,1H3. The molecule has 0 aliphatic heterocycles. The van der Waals surface area contributed by atoms with Gasteiger partial charge in [-0.05, 0) is 24.9 Å². The number of carbonyl (C=O) groups is 1. The van der Waals surface area contributed by atoms with Gasteiger partial charge in [0.2, 0.25) is 5.24 Å². The first-order chi connectivity index (χ1) is 5.77. The van der Waals surface area contributed by atoms with Crippen LogP contribution in [0.1, 0.15) is 19.8 Å². The Balaban J connectivity index is 3.42. The first-order valence-corrected chi connectivity index (χ1v) is 4.26. The van der Waals surface area contributed by atoms with Crippen molar-refractivity contribution in [1.29, 1.82) is 0 Å². The van der Waals surface area contributed by atoms with Crippen molar-refractivity contribution < 1.29 is 4.79 Å². The highest BCUT2D eigenvalue weighted by atomic mass is 35.5. The molecule has 0 saturated carbocycles. The maximum absolute atomic E-state index is 10.3. The van der Waals surface area contributed by atoms with Gasteiger partial charge in [0.1, 0.15) is 0 Å². The predicted octanol–water partition coefficient (Wildman–Crippen LogP) is 3.22. The van der Waals surface area contributed by atoms with Gasteiger partial charge in [-0.2, -0.15) is 0 Å². The summed E-state index contributed by atoms with van der Waals surface area (Å²) in [5.74, 6) is 0. The van der Waals surface area contributed by atoms with Gasteiger partial charge in [0, 0.05) is 6.42 Å². The fraction of sp³-hybridized carbons (Fsp3) is 0.300. The molecule has 0 aromatic heterocycles. The number of allylic oxidation sites excluding steroid dienone is 6. The Labute approximate surface area is 78.4 Å². The van der Waals surface area contributed by atoms with Gasteiger partial charge >= 0.3 is 0 Å². The Morgan fingerprint density at radius 2 is 2.00 bits per heavy atom. The summed E-state index contributed by atoms with van der Waals surface area (Å²) in [6.45, 7) is 1.96. The Morgan fingerprint density at radius 3 is 2.58 bits per heavy atom. The van der Waals surface area contributed by atoms with E-state index in [0.717, 1.165) is 6.42 Å². The molecule has 0 aromatic rings. The van der Waals surface area contributed by atoms with Crippen LogP contribution < -0.4 is 0 Å². The van der Waals surface area contributed by atoms with Gasteiger partial charge in [0.25, 0.3) is 0 Å². The first-order valence-electron chi connectivity index (χ1n) is 3.88. The van der Waals surface area contributed by atoms with E-state index in [4.69, 9.17) is 11.6 Å². The summed E-state index contributed by atoms with van der Waals surface area (Å²) in [6, 6.07) is 0. The highest BCUT2D eigenvalue weighted by molar-refractivity contribution is 6.63. The zero-order valence-electron chi connectivity index (χ0n) is 7.16. The van der Waals surface area contributed by atoms with Crippen molar-refractivity contribution in [2.45, 2.75) is 19.8 Å². The van der Waals surface area contributed by atoms with Crippen LogP contribution in [-0.2, 0) is 4.79 Å². The van der Waals surface area contributed by atoms with Gasteiger partial charge in [0.05, 0.1) is 0 Å². The fourth-order valence-corrected chi connectivity index (χ4v) is 0.708. The highest BCUT2D eigenvalue weighted by Crippen LogP contribution is 1.93. The molecule has 0 atom stereocenters. The second-order valence-corrected chi connectivity index (χ2v) is 2.64. The Bertz CT molecular complexity index is 202. The molecule has 0 aliphatic carbocycles. The normalized spacial score (nSPS) is 12.2. The minimum absolute atomic E-state index is 0.316. The quantitative estimate of drug-likeness (QED) is 0.364. The summed E-state index contributed by atoms with van der Waals surface area (Å²) in [5, 5.41) is -0.316. The molecule has 0 fully saturated rings. The van der Waals surface area contributed by atoms with Crippen LogP contribution in [0.4, 0.5) is 0 Å². The van der Waals surface area contributed by atoms with Crippen molar-refractivity contribution in [3.63, 3.8) is 0 Å². The first kappa shape index (κ1) is 11.2. The number of hydrogen-bond acceptors (Lipinski definition) is 1. The maximum atomic E-state index is 10.3. The van der Waals surface area contributed by atoms with Gasteiger partial charge < -0.3 is 0 Å². The molecule has 0 rings (SSSR count). The fourth-order valence-electron chi connectivity index (χ4n) is 0.619. The van der Waals surface area contributed by atoms with E-state index in [0.29, 0.717) is 6.42 Å². The summed E-state index contributed by atoms with van der Waals surface area (Å²) in [7, 11) is 0. The average Bonchev–Trinajstić information content (AvgIpc) is 2.02. The van der Waals surface area contributed by atoms with Crippen LogP contribution in [0.5, 0.6) is 0 Å². The largest absolute Gasteiger partial charge is 0.281 e. The van der Waals surface area contributed by atoms with E-state index < -0.39 is 0 Å². The van der Waals surface area contributed by atoms with Gasteiger partial charge in [-0.1, -0.05) is 36.5 Å². The van der Waals surface area contributed by atoms with Crippen molar-refractivity contribution in [3.8, 4) is 0 Å². The second kappa shape index (κ2) is 8.28. The van der Waals surface area contributed by atoms with Crippen molar-refractivity contribution in [1.82, 2.24) is 0 Å². The molecule has 0 aliphatic rings. The molecular formula is C10H13ClO. The topological polar surface area (TPSA) is 17.1 Å². The Kier molecular flexibility index (Phi) is 7.71. The SMILES string of the molecule is CC=CC=CCC=CCC(=O)Cl. The van der Waals surface area contributed by atoms with Crippen LogP contribution in [0.15, 0.2) is 36.5 Å². The lowest BCUT2D eigenvalue weighted by atomic mass is 10.3. The minimum atomic E-state index is -0.316. The molecular weight excluding hydrogens is 172 g/mol. The monoisotopic (exact) mass is 184 g/mol. The van der Waals surface area contributed by atoms with Crippen LogP contribution >= 0.6 is 11.6 Å². The number of carbonyl (C=O) groups excluding carboxylic acids is 1. The van der Waals surface area contributed by atoms with Crippen molar-refractivity contribution in [2.75, 3.05) is 0 Å². The van der Waals surface area contributed by atoms with Gasteiger partial charge in [-0.3, -0.25) is 4.79 Å². The van der Waals surface area contributed by atoms with E-state index in [1.165, 1.54) is 0 Å². The minimum Gasteiger partial charge on any atom is -0.281 e. The summed E-state index contributed by atoms with van der Waals surface area (Å²) in [5.41, 5.74) is 0. The lowest BCUT2D eigenvalue weighted by Gasteiger charge is -1.81. The summed E-state index contributed by atoms with van der Waals surface area (Å²) in [6.07, 6.45) is 12.7. The molecule has 0 unspecified atom stereocenters. The summed E-state index contributed by atoms with van der Waals surface area (Å²) < 4.78 is 0. The van der Waals surface area contributed by atoms with Crippen LogP contribution in [0.25, 0.3) is 0 Å². The number of hydrogen-bond donors (Lipinski definition) is 0. The van der Waals surface area contributed by atoms with E-state index in [9.17, 15) is 4.79 Å². The third-order valence-corrected chi connectivity index (χ3v) is 1.31. The number of halogens is 1. The zero-order valence-corrected chi connectivity index (χ0v) is 7.92. The van der Waals surface area contributed by atoms with Crippen molar-refractivity contribution in [2.24, 2.45) is 0 Å². The molecule has 2 heteroatoms. The number of rotatable bonds is 5. The summed E-state index contributed by atoms with van der Waals surface area (Å²) in [4.78, 5) is 10.3. The van der Waals surface area contributed by atoms with E-state index in [2.05, 4.69) is 0 Å². The van der Waals surface area contributed by atoms with Crippen molar-refractivity contribution >= 4 is 16.8 Å². The van der Waals surface area contributed by atoms with Gasteiger partial charge in [-0.15, -0.1) is 0 Å². The maximum Gasteiger partial charge on any atom is 0.225 e. The van der Waals surface area contributed by atoms with Crippen LogP contribution in [0, 0.1) is 0 Å². The molecule has 0 bridgehead atoms. The third-order valence-electron chi connectivity index (χ3n) is 1.16. The van der Waals surface area contributed by atoms with E-state index >= 15 is 0 Å². The highest BCUT2D eigenvalue weighted by Gasteiger charge is 1.86. The van der Waals surface area contributed by atoms with E-state index in [1.807, 2.05) is 37.3 Å².